The monoisotopic (exact) mass is 388 g/mol. The smallest absolute Gasteiger partial charge is 0.248 e. The first-order valence-electron chi connectivity index (χ1n) is 7.05. The molecule has 24 heavy (non-hydrogen) atoms. The number of aromatic carboxylic acids is 1. The number of carboxylic acid groups (broad SMARTS) is 1. The van der Waals surface area contributed by atoms with Crippen molar-refractivity contribution in [1.82, 2.24) is 0 Å². The molecule has 0 aliphatic rings. The number of ether oxygens (including phenoxy) is 1. The quantitative estimate of drug-likeness (QED) is 0.798. The van der Waals surface area contributed by atoms with E-state index < -0.39 is 11.9 Å². The molecule has 2 aromatic carbocycles. The van der Waals surface area contributed by atoms with E-state index in [0.29, 0.717) is 11.3 Å². The van der Waals surface area contributed by atoms with E-state index >= 15 is 0 Å². The molecule has 0 unspecified atom stereocenters. The van der Waals surface area contributed by atoms with Gasteiger partial charge in [-0.2, -0.15) is 0 Å². The number of amides is 1. The summed E-state index contributed by atoms with van der Waals surface area (Å²) in [6.45, 7) is 1.76. The molecule has 0 spiro atoms. The highest BCUT2D eigenvalue weighted by Crippen LogP contribution is 2.24. The summed E-state index contributed by atoms with van der Waals surface area (Å²) in [5, 5.41) is 13.7. The number of methoxy groups -OCH3 is 1. The van der Waals surface area contributed by atoms with Gasteiger partial charge in [0.25, 0.3) is 0 Å². The molecule has 6 heteroatoms. The van der Waals surface area contributed by atoms with Crippen LogP contribution in [0.4, 0.5) is 5.69 Å². The van der Waals surface area contributed by atoms with Gasteiger partial charge in [0.1, 0.15) is 5.75 Å². The van der Waals surface area contributed by atoms with Gasteiger partial charge >= 0.3 is 0 Å². The molecule has 0 heterocycles. The third-order valence-corrected chi connectivity index (χ3v) is 3.75. The van der Waals surface area contributed by atoms with Crippen LogP contribution < -0.4 is 15.2 Å². The topological polar surface area (TPSA) is 78.5 Å². The minimum Gasteiger partial charge on any atom is -0.545 e. The van der Waals surface area contributed by atoms with E-state index in [1.165, 1.54) is 18.2 Å². The molecular formula is C18H15BrNO4-. The van der Waals surface area contributed by atoms with Crippen LogP contribution in [0.1, 0.15) is 21.5 Å². The second kappa shape index (κ2) is 7.79. The van der Waals surface area contributed by atoms with Crippen LogP contribution in [0.2, 0.25) is 0 Å². The summed E-state index contributed by atoms with van der Waals surface area (Å²) in [4.78, 5) is 23.2. The van der Waals surface area contributed by atoms with Crippen molar-refractivity contribution in [2.75, 3.05) is 12.4 Å². The van der Waals surface area contributed by atoms with Gasteiger partial charge in [0.15, 0.2) is 0 Å². The van der Waals surface area contributed by atoms with Crippen molar-refractivity contribution in [3.8, 4) is 5.75 Å². The Morgan fingerprint density at radius 3 is 2.62 bits per heavy atom. The average molecular weight is 389 g/mol. The summed E-state index contributed by atoms with van der Waals surface area (Å²) < 4.78 is 6.07. The number of nitrogens with one attached hydrogen (secondary N) is 1. The van der Waals surface area contributed by atoms with Crippen LogP contribution in [0.15, 0.2) is 46.9 Å². The first-order valence-corrected chi connectivity index (χ1v) is 7.84. The van der Waals surface area contributed by atoms with Crippen molar-refractivity contribution in [2.45, 2.75) is 6.92 Å². The van der Waals surface area contributed by atoms with Gasteiger partial charge in [0, 0.05) is 21.7 Å². The van der Waals surface area contributed by atoms with E-state index in [1.807, 2.05) is 6.07 Å². The van der Waals surface area contributed by atoms with E-state index in [4.69, 9.17) is 4.74 Å². The van der Waals surface area contributed by atoms with Crippen LogP contribution >= 0.6 is 15.9 Å². The zero-order valence-corrected chi connectivity index (χ0v) is 14.7. The van der Waals surface area contributed by atoms with Gasteiger partial charge in [-0.3, -0.25) is 4.79 Å². The molecule has 0 atom stereocenters. The SMILES string of the molecule is COc1ccc(Br)cc1/C=C/C(=O)Nc1ccc(C)cc1C(=O)[O-]. The Kier molecular flexibility index (Phi) is 5.76. The third kappa shape index (κ3) is 4.45. The molecule has 0 saturated heterocycles. The van der Waals surface area contributed by atoms with Crippen molar-refractivity contribution in [3.63, 3.8) is 0 Å². The maximum absolute atomic E-state index is 12.1. The molecule has 124 valence electrons. The Morgan fingerprint density at radius 1 is 1.21 bits per heavy atom. The molecule has 0 fully saturated rings. The highest BCUT2D eigenvalue weighted by atomic mass is 79.9. The Labute approximate surface area is 148 Å². The minimum absolute atomic E-state index is 0.0585. The summed E-state index contributed by atoms with van der Waals surface area (Å²) in [5.74, 6) is -1.18. The van der Waals surface area contributed by atoms with E-state index in [-0.39, 0.29) is 11.3 Å². The third-order valence-electron chi connectivity index (χ3n) is 3.26. The summed E-state index contributed by atoms with van der Waals surface area (Å²) in [7, 11) is 1.54. The largest absolute Gasteiger partial charge is 0.545 e. The maximum Gasteiger partial charge on any atom is 0.248 e. The lowest BCUT2D eigenvalue weighted by atomic mass is 10.1. The van der Waals surface area contributed by atoms with Crippen molar-refractivity contribution < 1.29 is 19.4 Å². The van der Waals surface area contributed by atoms with Gasteiger partial charge in [-0.1, -0.05) is 27.6 Å². The predicted octanol–water partition coefficient (Wildman–Crippen LogP) is 2.78. The Hall–Kier alpha value is -2.60. The molecule has 0 aliphatic carbocycles. The molecule has 0 aromatic heterocycles. The first kappa shape index (κ1) is 17.7. The lowest BCUT2D eigenvalue weighted by molar-refractivity contribution is -0.254. The lowest BCUT2D eigenvalue weighted by Gasteiger charge is -2.11. The van der Waals surface area contributed by atoms with E-state index in [9.17, 15) is 14.7 Å². The molecule has 1 N–H and O–H groups in total. The zero-order chi connectivity index (χ0) is 17.7. The highest BCUT2D eigenvalue weighted by molar-refractivity contribution is 9.10. The second-order valence-electron chi connectivity index (χ2n) is 5.05. The fourth-order valence-electron chi connectivity index (χ4n) is 2.11. The van der Waals surface area contributed by atoms with Crippen LogP contribution in [0.5, 0.6) is 5.75 Å². The van der Waals surface area contributed by atoms with Crippen LogP contribution in [0, 0.1) is 6.92 Å². The van der Waals surface area contributed by atoms with Gasteiger partial charge in [0.2, 0.25) is 5.91 Å². The molecular weight excluding hydrogens is 374 g/mol. The fourth-order valence-corrected chi connectivity index (χ4v) is 2.49. The van der Waals surface area contributed by atoms with Crippen LogP contribution in [-0.2, 0) is 4.79 Å². The number of aryl methyl sites for hydroxylation is 1. The minimum atomic E-state index is -1.34. The van der Waals surface area contributed by atoms with Crippen LogP contribution in [0.3, 0.4) is 0 Å². The average Bonchev–Trinajstić information content (AvgIpc) is 2.54. The van der Waals surface area contributed by atoms with Crippen LogP contribution in [0.25, 0.3) is 6.08 Å². The predicted molar refractivity (Wildman–Crippen MR) is 93.9 cm³/mol. The van der Waals surface area contributed by atoms with Crippen molar-refractivity contribution in [1.29, 1.82) is 0 Å². The maximum atomic E-state index is 12.1. The number of hydrogen-bond acceptors (Lipinski definition) is 4. The fraction of sp³-hybridized carbons (Fsp3) is 0.111. The first-order chi connectivity index (χ1) is 11.4. The molecule has 5 nitrogen and oxygen atoms in total. The Morgan fingerprint density at radius 2 is 1.96 bits per heavy atom. The van der Waals surface area contributed by atoms with E-state index in [0.717, 1.165) is 10.0 Å². The van der Waals surface area contributed by atoms with Gasteiger partial charge in [-0.25, -0.2) is 0 Å². The van der Waals surface area contributed by atoms with E-state index in [2.05, 4.69) is 21.2 Å². The molecule has 0 bridgehead atoms. The standard InChI is InChI=1S/C18H16BrNO4/c1-11-3-6-15(14(9-11)18(22)23)20-17(21)8-4-12-10-13(19)5-7-16(12)24-2/h3-10H,1-2H3,(H,20,21)(H,22,23)/p-1/b8-4+. The molecule has 0 radical (unpaired) electrons. The van der Waals surface area contributed by atoms with Crippen molar-refractivity contribution in [2.24, 2.45) is 0 Å². The molecule has 2 aromatic rings. The number of rotatable bonds is 5. The number of benzene rings is 2. The molecule has 0 aliphatic heterocycles. The summed E-state index contributed by atoms with van der Waals surface area (Å²) in [6.07, 6.45) is 2.90. The number of carboxylic acids is 1. The number of halogens is 1. The number of anilines is 1. The number of hydrogen-bond donors (Lipinski definition) is 1. The second-order valence-corrected chi connectivity index (χ2v) is 5.96. The normalized spacial score (nSPS) is 10.6. The Balaban J connectivity index is 2.20. The highest BCUT2D eigenvalue weighted by Gasteiger charge is 2.07. The summed E-state index contributed by atoms with van der Waals surface area (Å²) in [6, 6.07) is 10.1. The van der Waals surface area contributed by atoms with Gasteiger partial charge in [-0.15, -0.1) is 0 Å². The zero-order valence-electron chi connectivity index (χ0n) is 13.1. The summed E-state index contributed by atoms with van der Waals surface area (Å²) >= 11 is 3.36. The molecule has 0 saturated carbocycles. The lowest BCUT2D eigenvalue weighted by Crippen LogP contribution is -2.24. The van der Waals surface area contributed by atoms with Gasteiger partial charge in [0.05, 0.1) is 18.8 Å². The van der Waals surface area contributed by atoms with Gasteiger partial charge in [-0.05, 0) is 43.3 Å². The van der Waals surface area contributed by atoms with E-state index in [1.54, 1.807) is 38.3 Å². The van der Waals surface area contributed by atoms with Crippen LogP contribution in [-0.4, -0.2) is 19.0 Å². The van der Waals surface area contributed by atoms with Gasteiger partial charge < -0.3 is 20.0 Å². The number of carbonyl (C=O) groups is 2. The molecule has 2 rings (SSSR count). The van der Waals surface area contributed by atoms with Crippen molar-refractivity contribution in [3.05, 3.63) is 63.6 Å². The summed E-state index contributed by atoms with van der Waals surface area (Å²) in [5.41, 5.74) is 1.61. The van der Waals surface area contributed by atoms with Crippen molar-refractivity contribution >= 4 is 39.6 Å². The molecule has 1 amide bonds. The Bertz CT molecular complexity index is 815. The number of carbonyl (C=O) groups excluding carboxylic acids is 2.